The molecule has 1 saturated carbocycles. The lowest BCUT2D eigenvalue weighted by atomic mass is 9.87. The number of hydrogen-bond donors (Lipinski definition) is 2. The van der Waals surface area contributed by atoms with Crippen LogP contribution in [0.1, 0.15) is 53.4 Å². The normalized spacial score (nSPS) is 26.6. The summed E-state index contributed by atoms with van der Waals surface area (Å²) < 4.78 is 5.47. The Hall–Kier alpha value is -0.0800. The second-order valence-electron chi connectivity index (χ2n) is 7.71. The average molecular weight is 452 g/mol. The van der Waals surface area contributed by atoms with Gasteiger partial charge in [0.2, 0.25) is 0 Å². The van der Waals surface area contributed by atoms with Crippen molar-refractivity contribution in [2.24, 2.45) is 10.9 Å². The van der Waals surface area contributed by atoms with Crippen LogP contribution in [-0.2, 0) is 4.74 Å². The maximum atomic E-state index is 5.47. The number of halogens is 1. The molecule has 6 heteroatoms. The molecule has 2 aliphatic rings. The summed E-state index contributed by atoms with van der Waals surface area (Å²) >= 11 is 0. The molecule has 2 fully saturated rings. The molecule has 24 heavy (non-hydrogen) atoms. The highest BCUT2D eigenvalue weighted by molar-refractivity contribution is 14.0. The Morgan fingerprint density at radius 3 is 2.38 bits per heavy atom. The predicted molar refractivity (Wildman–Crippen MR) is 112 cm³/mol. The third kappa shape index (κ3) is 7.04. The SMILES string of the molecule is CCNC(=NCC(C)(C)N1CCOCC1)NC1CCC(C)CC1.I. The van der Waals surface area contributed by atoms with Crippen LogP contribution in [0.3, 0.4) is 0 Å². The van der Waals surface area contributed by atoms with Gasteiger partial charge in [0.25, 0.3) is 0 Å². The molecule has 0 amide bonds. The molecular formula is C18H37IN4O. The van der Waals surface area contributed by atoms with E-state index >= 15 is 0 Å². The summed E-state index contributed by atoms with van der Waals surface area (Å²) in [6.07, 6.45) is 5.18. The summed E-state index contributed by atoms with van der Waals surface area (Å²) in [6, 6.07) is 0.579. The smallest absolute Gasteiger partial charge is 0.191 e. The molecule has 142 valence electrons. The van der Waals surface area contributed by atoms with Crippen LogP contribution >= 0.6 is 24.0 Å². The van der Waals surface area contributed by atoms with E-state index in [0.29, 0.717) is 6.04 Å². The van der Waals surface area contributed by atoms with E-state index in [-0.39, 0.29) is 29.5 Å². The van der Waals surface area contributed by atoms with Crippen molar-refractivity contribution in [1.82, 2.24) is 15.5 Å². The van der Waals surface area contributed by atoms with Crippen LogP contribution in [0.2, 0.25) is 0 Å². The van der Waals surface area contributed by atoms with Gasteiger partial charge in [-0.15, -0.1) is 24.0 Å². The van der Waals surface area contributed by atoms with Gasteiger partial charge in [0.05, 0.1) is 19.8 Å². The number of ether oxygens (including phenoxy) is 1. The maximum absolute atomic E-state index is 5.47. The summed E-state index contributed by atoms with van der Waals surface area (Å²) in [6.45, 7) is 14.5. The predicted octanol–water partition coefficient (Wildman–Crippen LogP) is 2.85. The number of nitrogens with one attached hydrogen (secondary N) is 2. The van der Waals surface area contributed by atoms with Gasteiger partial charge in [0.15, 0.2) is 5.96 Å². The van der Waals surface area contributed by atoms with Crippen molar-refractivity contribution in [1.29, 1.82) is 0 Å². The Kier molecular flexibility index (Phi) is 9.89. The number of nitrogens with zero attached hydrogens (tertiary/aromatic N) is 2. The zero-order valence-corrected chi connectivity index (χ0v) is 18.3. The minimum absolute atomic E-state index is 0. The second kappa shape index (κ2) is 10.8. The zero-order chi connectivity index (χ0) is 16.7. The van der Waals surface area contributed by atoms with Crippen molar-refractivity contribution < 1.29 is 4.74 Å². The van der Waals surface area contributed by atoms with Gasteiger partial charge in [-0.2, -0.15) is 0 Å². The number of hydrogen-bond acceptors (Lipinski definition) is 3. The van der Waals surface area contributed by atoms with Crippen molar-refractivity contribution in [2.45, 2.75) is 65.0 Å². The van der Waals surface area contributed by atoms with Crippen molar-refractivity contribution >= 4 is 29.9 Å². The average Bonchev–Trinajstić information content (AvgIpc) is 2.56. The third-order valence-electron chi connectivity index (χ3n) is 5.19. The molecule has 0 spiro atoms. The first-order chi connectivity index (χ1) is 11.0. The Balaban J connectivity index is 0.00000288. The Morgan fingerprint density at radius 1 is 1.17 bits per heavy atom. The fourth-order valence-electron chi connectivity index (χ4n) is 3.46. The van der Waals surface area contributed by atoms with E-state index in [0.717, 1.165) is 51.3 Å². The molecule has 0 radical (unpaired) electrons. The molecule has 0 bridgehead atoms. The molecule has 0 unspecified atom stereocenters. The molecule has 2 rings (SSSR count). The second-order valence-corrected chi connectivity index (χ2v) is 7.71. The van der Waals surface area contributed by atoms with Gasteiger partial charge in [0, 0.05) is 31.2 Å². The molecular weight excluding hydrogens is 415 g/mol. The van der Waals surface area contributed by atoms with Crippen LogP contribution < -0.4 is 10.6 Å². The van der Waals surface area contributed by atoms with Crippen molar-refractivity contribution in [3.8, 4) is 0 Å². The zero-order valence-electron chi connectivity index (χ0n) is 15.9. The fraction of sp³-hybridized carbons (Fsp3) is 0.944. The first kappa shape index (κ1) is 22.0. The maximum Gasteiger partial charge on any atom is 0.191 e. The van der Waals surface area contributed by atoms with Crippen LogP contribution in [0.15, 0.2) is 4.99 Å². The highest BCUT2D eigenvalue weighted by Gasteiger charge is 2.28. The van der Waals surface area contributed by atoms with Crippen molar-refractivity contribution in [3.63, 3.8) is 0 Å². The fourth-order valence-corrected chi connectivity index (χ4v) is 3.46. The van der Waals surface area contributed by atoms with E-state index in [1.54, 1.807) is 0 Å². The summed E-state index contributed by atoms with van der Waals surface area (Å²) in [5.74, 6) is 1.86. The topological polar surface area (TPSA) is 48.9 Å². The summed E-state index contributed by atoms with van der Waals surface area (Å²) in [5, 5.41) is 7.06. The number of aliphatic imine (C=N–C) groups is 1. The standard InChI is InChI=1S/C18H36N4O.HI/c1-5-19-17(21-16-8-6-15(2)7-9-16)20-14-18(3,4)22-10-12-23-13-11-22;/h15-16H,5-14H2,1-4H3,(H2,19,20,21);1H. The molecule has 1 aliphatic carbocycles. The van der Waals surface area contributed by atoms with Gasteiger partial charge in [-0.05, 0) is 52.4 Å². The van der Waals surface area contributed by atoms with Crippen LogP contribution in [0.4, 0.5) is 0 Å². The van der Waals surface area contributed by atoms with Crippen LogP contribution in [-0.4, -0.2) is 61.8 Å². The van der Waals surface area contributed by atoms with Gasteiger partial charge < -0.3 is 15.4 Å². The van der Waals surface area contributed by atoms with E-state index in [2.05, 4.69) is 43.2 Å². The molecule has 2 N–H and O–H groups in total. The molecule has 1 heterocycles. The summed E-state index contributed by atoms with van der Waals surface area (Å²) in [5.41, 5.74) is 0.0766. The minimum Gasteiger partial charge on any atom is -0.379 e. The molecule has 0 aromatic rings. The van der Waals surface area contributed by atoms with E-state index in [4.69, 9.17) is 9.73 Å². The third-order valence-corrected chi connectivity index (χ3v) is 5.19. The number of rotatable bonds is 5. The first-order valence-electron chi connectivity index (χ1n) is 9.39. The van der Waals surface area contributed by atoms with E-state index in [1.165, 1.54) is 25.7 Å². The first-order valence-corrected chi connectivity index (χ1v) is 9.39. The summed E-state index contributed by atoms with van der Waals surface area (Å²) in [7, 11) is 0. The van der Waals surface area contributed by atoms with E-state index < -0.39 is 0 Å². The quantitative estimate of drug-likeness (QED) is 0.383. The molecule has 1 saturated heterocycles. The van der Waals surface area contributed by atoms with Gasteiger partial charge in [-0.25, -0.2) is 0 Å². The van der Waals surface area contributed by atoms with Crippen LogP contribution in [0.25, 0.3) is 0 Å². The molecule has 1 aliphatic heterocycles. The largest absolute Gasteiger partial charge is 0.379 e. The number of morpholine rings is 1. The van der Waals surface area contributed by atoms with E-state index in [9.17, 15) is 0 Å². The van der Waals surface area contributed by atoms with Crippen LogP contribution in [0, 0.1) is 5.92 Å². The molecule has 0 atom stereocenters. The highest BCUT2D eigenvalue weighted by Crippen LogP contribution is 2.23. The Labute approximate surface area is 165 Å². The van der Waals surface area contributed by atoms with Gasteiger partial charge in [-0.1, -0.05) is 6.92 Å². The Bertz CT molecular complexity index is 375. The number of guanidine groups is 1. The molecule has 0 aromatic carbocycles. The van der Waals surface area contributed by atoms with Gasteiger partial charge in [-0.3, -0.25) is 9.89 Å². The lowest BCUT2D eigenvalue weighted by Gasteiger charge is -2.40. The van der Waals surface area contributed by atoms with E-state index in [1.807, 2.05) is 0 Å². The monoisotopic (exact) mass is 452 g/mol. The van der Waals surface area contributed by atoms with Gasteiger partial charge in [0.1, 0.15) is 0 Å². The van der Waals surface area contributed by atoms with Crippen LogP contribution in [0.5, 0.6) is 0 Å². The van der Waals surface area contributed by atoms with Crippen molar-refractivity contribution in [2.75, 3.05) is 39.4 Å². The minimum atomic E-state index is 0. The Morgan fingerprint density at radius 2 is 1.79 bits per heavy atom. The highest BCUT2D eigenvalue weighted by atomic mass is 127. The summed E-state index contributed by atoms with van der Waals surface area (Å²) in [4.78, 5) is 7.38. The molecule has 0 aromatic heterocycles. The lowest BCUT2D eigenvalue weighted by Crippen LogP contribution is -2.52. The van der Waals surface area contributed by atoms with Crippen molar-refractivity contribution in [3.05, 3.63) is 0 Å². The lowest BCUT2D eigenvalue weighted by molar-refractivity contribution is -0.00684. The van der Waals surface area contributed by atoms with Gasteiger partial charge >= 0.3 is 0 Å². The molecule has 5 nitrogen and oxygen atoms in total.